The van der Waals surface area contributed by atoms with Crippen molar-refractivity contribution in [2.75, 3.05) is 9.80 Å². The van der Waals surface area contributed by atoms with E-state index >= 15 is 0 Å². The molecule has 2 heterocycles. The second-order valence-electron chi connectivity index (χ2n) is 11.5. The summed E-state index contributed by atoms with van der Waals surface area (Å²) >= 11 is 10.5. The summed E-state index contributed by atoms with van der Waals surface area (Å²) in [5.74, 6) is 0. The minimum atomic E-state index is 0.730. The molecule has 0 saturated carbocycles. The summed E-state index contributed by atoms with van der Waals surface area (Å²) in [7, 11) is 0. The Hall–Kier alpha value is -5.13. The van der Waals surface area contributed by atoms with E-state index < -0.39 is 0 Å². The molecule has 0 spiro atoms. The molecule has 0 aliphatic rings. The molecule has 2 nitrogen and oxygen atoms in total. The van der Waals surface area contributed by atoms with Crippen molar-refractivity contribution in [2.24, 2.45) is 0 Å². The summed E-state index contributed by atoms with van der Waals surface area (Å²) in [6.45, 7) is 0. The Kier molecular flexibility index (Phi) is 6.93. The van der Waals surface area contributed by atoms with Crippen LogP contribution >= 0.6 is 34.3 Å². The number of benzene rings is 7. The van der Waals surface area contributed by atoms with Crippen LogP contribution in [-0.2, 0) is 0 Å². The standard InChI is InChI=1S/C42H27ClN2S2/c43-28-24-37-34-18-10-11-19-39(34)47-42(37)38(25-28)45(31-16-8-3-9-17-31)33-20-22-35-36-26-32(21-23-40(36)46-41(35)27-33)44(29-12-4-1-5-13-29)30-14-6-2-7-15-30/h1-27H. The number of hydrogen-bond donors (Lipinski definition) is 0. The topological polar surface area (TPSA) is 6.48 Å². The van der Waals surface area contributed by atoms with Crippen LogP contribution in [0.5, 0.6) is 0 Å². The van der Waals surface area contributed by atoms with Crippen LogP contribution in [0.3, 0.4) is 0 Å². The summed E-state index contributed by atoms with van der Waals surface area (Å²) in [6.07, 6.45) is 0. The maximum Gasteiger partial charge on any atom is 0.0655 e. The van der Waals surface area contributed by atoms with E-state index in [2.05, 4.69) is 174 Å². The lowest BCUT2D eigenvalue weighted by atomic mass is 10.1. The van der Waals surface area contributed by atoms with Crippen molar-refractivity contribution in [3.05, 3.63) is 169 Å². The monoisotopic (exact) mass is 658 g/mol. The van der Waals surface area contributed by atoms with Gasteiger partial charge >= 0.3 is 0 Å². The van der Waals surface area contributed by atoms with Crippen LogP contribution in [-0.4, -0.2) is 0 Å². The van der Waals surface area contributed by atoms with E-state index in [0.717, 1.165) is 39.1 Å². The molecule has 0 amide bonds. The molecule has 0 aliphatic carbocycles. The molecular formula is C42H27ClN2S2. The summed E-state index contributed by atoms with van der Waals surface area (Å²) in [5, 5.41) is 5.66. The van der Waals surface area contributed by atoms with Gasteiger partial charge in [-0.15, -0.1) is 22.7 Å². The minimum absolute atomic E-state index is 0.730. The van der Waals surface area contributed by atoms with Crippen molar-refractivity contribution in [3.63, 3.8) is 0 Å². The molecule has 9 aromatic rings. The van der Waals surface area contributed by atoms with Crippen LogP contribution in [0.1, 0.15) is 0 Å². The van der Waals surface area contributed by atoms with Crippen molar-refractivity contribution in [1.82, 2.24) is 0 Å². The number of hydrogen-bond acceptors (Lipinski definition) is 4. The van der Waals surface area contributed by atoms with E-state index in [1.54, 1.807) is 0 Å². The Morgan fingerprint density at radius 1 is 0.362 bits per heavy atom. The Bertz CT molecular complexity index is 2500. The van der Waals surface area contributed by atoms with Gasteiger partial charge in [0.2, 0.25) is 0 Å². The number of anilines is 6. The Labute approximate surface area is 285 Å². The molecule has 0 aliphatic heterocycles. The molecule has 0 bridgehead atoms. The zero-order valence-corrected chi connectivity index (χ0v) is 27.6. The van der Waals surface area contributed by atoms with Gasteiger partial charge in [0.25, 0.3) is 0 Å². The average molecular weight is 659 g/mol. The summed E-state index contributed by atoms with van der Waals surface area (Å²) < 4.78 is 5.00. The second kappa shape index (κ2) is 11.6. The summed E-state index contributed by atoms with van der Waals surface area (Å²) in [6, 6.07) is 58.2. The zero-order valence-electron chi connectivity index (χ0n) is 25.2. The SMILES string of the molecule is Clc1cc(N(c2ccccc2)c2ccc3c(c2)sc2ccc(N(c4ccccc4)c4ccccc4)cc23)c2sc3ccccc3c2c1. The van der Waals surface area contributed by atoms with E-state index in [1.165, 1.54) is 40.3 Å². The van der Waals surface area contributed by atoms with Gasteiger partial charge in [-0.05, 0) is 84.9 Å². The second-order valence-corrected chi connectivity index (χ2v) is 14.1. The van der Waals surface area contributed by atoms with E-state index in [1.807, 2.05) is 22.7 Å². The third kappa shape index (κ3) is 4.93. The predicted molar refractivity (Wildman–Crippen MR) is 207 cm³/mol. The highest BCUT2D eigenvalue weighted by Gasteiger charge is 2.21. The molecule has 7 aromatic carbocycles. The fraction of sp³-hybridized carbons (Fsp3) is 0. The van der Waals surface area contributed by atoms with Crippen LogP contribution in [0.25, 0.3) is 40.3 Å². The van der Waals surface area contributed by atoms with E-state index in [0.29, 0.717) is 0 Å². The summed E-state index contributed by atoms with van der Waals surface area (Å²) in [5.41, 5.74) is 6.68. The zero-order chi connectivity index (χ0) is 31.3. The Morgan fingerprint density at radius 2 is 0.915 bits per heavy atom. The Balaban J connectivity index is 1.22. The number of halogens is 1. The lowest BCUT2D eigenvalue weighted by Gasteiger charge is -2.26. The third-order valence-corrected chi connectivity index (χ3v) is 11.2. The number of nitrogens with zero attached hydrogens (tertiary/aromatic N) is 2. The van der Waals surface area contributed by atoms with Crippen molar-refractivity contribution in [3.8, 4) is 0 Å². The molecule has 9 rings (SSSR count). The van der Waals surface area contributed by atoms with Crippen molar-refractivity contribution in [2.45, 2.75) is 0 Å². The number of rotatable bonds is 6. The van der Waals surface area contributed by atoms with E-state index in [9.17, 15) is 0 Å². The first-order valence-electron chi connectivity index (χ1n) is 15.5. The molecule has 0 atom stereocenters. The molecule has 0 radical (unpaired) electrons. The van der Waals surface area contributed by atoms with Gasteiger partial charge in [-0.3, -0.25) is 0 Å². The van der Waals surface area contributed by atoms with Gasteiger partial charge in [-0.25, -0.2) is 0 Å². The van der Waals surface area contributed by atoms with Gasteiger partial charge in [0.05, 0.1) is 10.4 Å². The third-order valence-electron chi connectivity index (χ3n) is 8.66. The normalized spacial score (nSPS) is 11.5. The molecule has 0 unspecified atom stereocenters. The highest BCUT2D eigenvalue weighted by molar-refractivity contribution is 7.26. The fourth-order valence-corrected chi connectivity index (χ4v) is 9.10. The van der Waals surface area contributed by atoms with Crippen LogP contribution in [0.15, 0.2) is 164 Å². The lowest BCUT2D eigenvalue weighted by Crippen LogP contribution is -2.10. The number of para-hydroxylation sites is 3. The maximum absolute atomic E-state index is 6.85. The smallest absolute Gasteiger partial charge is 0.0655 e. The number of thiophene rings is 2. The highest BCUT2D eigenvalue weighted by atomic mass is 35.5. The first-order valence-corrected chi connectivity index (χ1v) is 17.5. The van der Waals surface area contributed by atoms with Gasteiger partial charge in [0.15, 0.2) is 0 Å². The van der Waals surface area contributed by atoms with Crippen LogP contribution < -0.4 is 9.80 Å². The van der Waals surface area contributed by atoms with E-state index in [-0.39, 0.29) is 0 Å². The highest BCUT2D eigenvalue weighted by Crippen LogP contribution is 2.48. The summed E-state index contributed by atoms with van der Waals surface area (Å²) in [4.78, 5) is 4.68. The van der Waals surface area contributed by atoms with Gasteiger partial charge in [0, 0.05) is 69.1 Å². The van der Waals surface area contributed by atoms with Gasteiger partial charge in [0.1, 0.15) is 0 Å². The molecular weight excluding hydrogens is 632 g/mol. The average Bonchev–Trinajstić information content (AvgIpc) is 3.68. The first-order chi connectivity index (χ1) is 23.2. The number of fused-ring (bicyclic) bond motifs is 6. The Morgan fingerprint density at radius 3 is 1.62 bits per heavy atom. The molecule has 2 aromatic heterocycles. The predicted octanol–water partition coefficient (Wildman–Crippen LogP) is 14.0. The lowest BCUT2D eigenvalue weighted by molar-refractivity contribution is 1.29. The molecule has 224 valence electrons. The van der Waals surface area contributed by atoms with Crippen molar-refractivity contribution >= 4 is 109 Å². The first kappa shape index (κ1) is 28.1. The molecule has 47 heavy (non-hydrogen) atoms. The maximum atomic E-state index is 6.85. The van der Waals surface area contributed by atoms with Gasteiger partial charge in [-0.2, -0.15) is 0 Å². The van der Waals surface area contributed by atoms with Crippen LogP contribution in [0.4, 0.5) is 34.1 Å². The van der Waals surface area contributed by atoms with Crippen molar-refractivity contribution < 1.29 is 0 Å². The van der Waals surface area contributed by atoms with Crippen molar-refractivity contribution in [1.29, 1.82) is 0 Å². The molecule has 0 N–H and O–H groups in total. The van der Waals surface area contributed by atoms with E-state index in [4.69, 9.17) is 11.6 Å². The van der Waals surface area contributed by atoms with Crippen LogP contribution in [0.2, 0.25) is 5.02 Å². The van der Waals surface area contributed by atoms with Gasteiger partial charge in [-0.1, -0.05) is 90.5 Å². The molecule has 0 fully saturated rings. The molecule has 0 saturated heterocycles. The largest absolute Gasteiger partial charge is 0.310 e. The minimum Gasteiger partial charge on any atom is -0.310 e. The van der Waals surface area contributed by atoms with Gasteiger partial charge < -0.3 is 9.80 Å². The quantitative estimate of drug-likeness (QED) is 0.175. The van der Waals surface area contributed by atoms with Crippen LogP contribution in [0, 0.1) is 0 Å². The fourth-order valence-electron chi connectivity index (χ4n) is 6.58. The molecule has 5 heteroatoms.